The molecule has 0 aromatic carbocycles. The smallest absolute Gasteiger partial charge is 0.0174 e. The first kappa shape index (κ1) is 9.57. The molecule has 1 heteroatoms. The summed E-state index contributed by atoms with van der Waals surface area (Å²) < 4.78 is 0. The van der Waals surface area contributed by atoms with E-state index in [4.69, 9.17) is 0 Å². The molecule has 0 N–H and O–H groups in total. The van der Waals surface area contributed by atoms with Crippen LogP contribution in [0.4, 0.5) is 0 Å². The Bertz CT molecular complexity index is 109. The fourth-order valence-electron chi connectivity index (χ4n) is 2.03. The van der Waals surface area contributed by atoms with E-state index in [0.717, 1.165) is 16.7 Å². The van der Waals surface area contributed by atoms with Crippen LogP contribution >= 0.6 is 15.9 Å². The van der Waals surface area contributed by atoms with Crippen LogP contribution in [0.1, 0.15) is 46.0 Å². The van der Waals surface area contributed by atoms with Gasteiger partial charge < -0.3 is 0 Å². The predicted octanol–water partition coefficient (Wildman–Crippen LogP) is 3.99. The van der Waals surface area contributed by atoms with Gasteiger partial charge in [0.05, 0.1) is 0 Å². The van der Waals surface area contributed by atoms with Gasteiger partial charge in [-0.05, 0) is 31.1 Å². The summed E-state index contributed by atoms with van der Waals surface area (Å²) in [5, 5.41) is 0. The quantitative estimate of drug-likeness (QED) is 0.616. The van der Waals surface area contributed by atoms with Crippen LogP contribution in [0.2, 0.25) is 0 Å². The van der Waals surface area contributed by atoms with Gasteiger partial charge >= 0.3 is 0 Å². The summed E-state index contributed by atoms with van der Waals surface area (Å²) in [6.45, 7) is 4.66. The van der Waals surface area contributed by atoms with Crippen molar-refractivity contribution in [1.29, 1.82) is 0 Å². The average molecular weight is 219 g/mol. The Morgan fingerprint density at radius 1 is 1.27 bits per heavy atom. The molecule has 0 bridgehead atoms. The molecule has 1 aliphatic carbocycles. The molecule has 1 saturated carbocycles. The first-order valence-electron chi connectivity index (χ1n) is 4.84. The Labute approximate surface area is 78.9 Å². The summed E-state index contributed by atoms with van der Waals surface area (Å²) >= 11 is 3.78. The van der Waals surface area contributed by atoms with Crippen LogP contribution in [0.25, 0.3) is 0 Å². The minimum atomic E-state index is 0.818. The lowest BCUT2D eigenvalue weighted by Crippen LogP contribution is -2.20. The number of hydrogen-bond donors (Lipinski definition) is 0. The molecule has 0 radical (unpaired) electrons. The molecular weight excluding hydrogens is 200 g/mol. The molecule has 11 heavy (non-hydrogen) atoms. The van der Waals surface area contributed by atoms with Gasteiger partial charge in [-0.1, -0.05) is 42.6 Å². The highest BCUT2D eigenvalue weighted by molar-refractivity contribution is 9.09. The summed E-state index contributed by atoms with van der Waals surface area (Å²) in [6, 6.07) is 0. The third-order valence-electron chi connectivity index (χ3n) is 2.59. The number of alkyl halides is 1. The summed E-state index contributed by atoms with van der Waals surface area (Å²) in [6.07, 6.45) is 7.16. The van der Waals surface area contributed by atoms with Gasteiger partial charge in [-0.25, -0.2) is 0 Å². The Morgan fingerprint density at radius 2 is 1.91 bits per heavy atom. The van der Waals surface area contributed by atoms with Gasteiger partial charge in [0, 0.05) is 4.83 Å². The summed E-state index contributed by atoms with van der Waals surface area (Å²) in [7, 11) is 0. The maximum Gasteiger partial charge on any atom is 0.0174 e. The van der Waals surface area contributed by atoms with Crippen LogP contribution in [0.5, 0.6) is 0 Å². The van der Waals surface area contributed by atoms with Gasteiger partial charge in [0.25, 0.3) is 0 Å². The third-order valence-corrected chi connectivity index (χ3v) is 3.80. The van der Waals surface area contributed by atoms with E-state index in [1.54, 1.807) is 0 Å². The van der Waals surface area contributed by atoms with Crippen LogP contribution < -0.4 is 0 Å². The largest absolute Gasteiger partial charge is 0.0888 e. The van der Waals surface area contributed by atoms with E-state index in [9.17, 15) is 0 Å². The highest BCUT2D eigenvalue weighted by atomic mass is 79.9. The summed E-state index contributed by atoms with van der Waals surface area (Å²) in [5.41, 5.74) is 0. The molecule has 0 nitrogen and oxygen atoms in total. The maximum atomic E-state index is 3.78. The second-order valence-electron chi connectivity index (χ2n) is 4.19. The van der Waals surface area contributed by atoms with Gasteiger partial charge in [-0.2, -0.15) is 0 Å². The first-order valence-corrected chi connectivity index (χ1v) is 5.75. The molecule has 0 heterocycles. The predicted molar refractivity (Wildman–Crippen MR) is 54.1 cm³/mol. The maximum absolute atomic E-state index is 3.78. The molecule has 66 valence electrons. The van der Waals surface area contributed by atoms with E-state index in [1.807, 2.05) is 0 Å². The first-order chi connectivity index (χ1) is 5.20. The van der Waals surface area contributed by atoms with E-state index in [-0.39, 0.29) is 0 Å². The molecule has 1 fully saturated rings. The van der Waals surface area contributed by atoms with Crippen molar-refractivity contribution in [1.82, 2.24) is 0 Å². The normalized spacial score (nSPS) is 32.7. The van der Waals surface area contributed by atoms with Crippen molar-refractivity contribution in [2.45, 2.75) is 50.8 Å². The van der Waals surface area contributed by atoms with Crippen LogP contribution in [0, 0.1) is 11.8 Å². The Balaban J connectivity index is 2.29. The lowest BCUT2D eigenvalue weighted by Gasteiger charge is -2.28. The van der Waals surface area contributed by atoms with Crippen molar-refractivity contribution in [3.8, 4) is 0 Å². The SMILES string of the molecule is CC(C)CC1CCCCC1Br. The lowest BCUT2D eigenvalue weighted by molar-refractivity contribution is 0.319. The lowest BCUT2D eigenvalue weighted by atomic mass is 9.84. The highest BCUT2D eigenvalue weighted by Gasteiger charge is 2.22. The molecule has 0 aromatic heterocycles. The Morgan fingerprint density at radius 3 is 2.45 bits per heavy atom. The van der Waals surface area contributed by atoms with E-state index >= 15 is 0 Å². The minimum absolute atomic E-state index is 0.818. The van der Waals surface area contributed by atoms with Crippen molar-refractivity contribution >= 4 is 15.9 Å². The molecule has 0 saturated heterocycles. The van der Waals surface area contributed by atoms with Crippen molar-refractivity contribution < 1.29 is 0 Å². The zero-order valence-corrected chi connectivity index (χ0v) is 9.23. The highest BCUT2D eigenvalue weighted by Crippen LogP contribution is 2.33. The average Bonchev–Trinajstić information content (AvgIpc) is 1.93. The van der Waals surface area contributed by atoms with Crippen LogP contribution in [0.15, 0.2) is 0 Å². The molecule has 0 amide bonds. The van der Waals surface area contributed by atoms with Gasteiger partial charge in [-0.15, -0.1) is 0 Å². The monoisotopic (exact) mass is 218 g/mol. The second kappa shape index (κ2) is 4.49. The standard InChI is InChI=1S/C10H19Br/c1-8(2)7-9-5-3-4-6-10(9)11/h8-10H,3-7H2,1-2H3. The zero-order chi connectivity index (χ0) is 8.27. The van der Waals surface area contributed by atoms with Gasteiger partial charge in [0.1, 0.15) is 0 Å². The molecule has 0 spiro atoms. The van der Waals surface area contributed by atoms with E-state index in [0.29, 0.717) is 0 Å². The zero-order valence-electron chi connectivity index (χ0n) is 7.65. The molecule has 1 rings (SSSR count). The van der Waals surface area contributed by atoms with E-state index < -0.39 is 0 Å². The molecule has 1 aliphatic rings. The van der Waals surface area contributed by atoms with Crippen LogP contribution in [-0.2, 0) is 0 Å². The van der Waals surface area contributed by atoms with Crippen molar-refractivity contribution in [2.75, 3.05) is 0 Å². The van der Waals surface area contributed by atoms with Crippen LogP contribution in [0.3, 0.4) is 0 Å². The topological polar surface area (TPSA) is 0 Å². The molecule has 2 unspecified atom stereocenters. The van der Waals surface area contributed by atoms with Crippen LogP contribution in [-0.4, -0.2) is 4.83 Å². The van der Waals surface area contributed by atoms with E-state index in [1.165, 1.54) is 32.1 Å². The number of halogens is 1. The summed E-state index contributed by atoms with van der Waals surface area (Å²) in [5.74, 6) is 1.84. The second-order valence-corrected chi connectivity index (χ2v) is 5.37. The van der Waals surface area contributed by atoms with Crippen molar-refractivity contribution in [3.63, 3.8) is 0 Å². The fourth-order valence-corrected chi connectivity index (χ4v) is 2.84. The van der Waals surface area contributed by atoms with E-state index in [2.05, 4.69) is 29.8 Å². The fraction of sp³-hybridized carbons (Fsp3) is 1.00. The molecule has 2 atom stereocenters. The molecule has 0 aromatic rings. The molecular formula is C10H19Br. The van der Waals surface area contributed by atoms with Crippen molar-refractivity contribution in [3.05, 3.63) is 0 Å². The molecule has 0 aliphatic heterocycles. The van der Waals surface area contributed by atoms with Gasteiger partial charge in [0.2, 0.25) is 0 Å². The Kier molecular flexibility index (Phi) is 3.91. The number of hydrogen-bond acceptors (Lipinski definition) is 0. The number of rotatable bonds is 2. The summed E-state index contributed by atoms with van der Waals surface area (Å²) in [4.78, 5) is 0.818. The Hall–Kier alpha value is 0.480. The van der Waals surface area contributed by atoms with Gasteiger partial charge in [0.15, 0.2) is 0 Å². The third kappa shape index (κ3) is 3.14. The van der Waals surface area contributed by atoms with Gasteiger partial charge in [-0.3, -0.25) is 0 Å². The van der Waals surface area contributed by atoms with Crippen molar-refractivity contribution in [2.24, 2.45) is 11.8 Å². The minimum Gasteiger partial charge on any atom is -0.0888 e.